The number of hydrogen-bond donors (Lipinski definition) is 3. The molecule has 3 aliphatic rings. The van der Waals surface area contributed by atoms with E-state index in [0.29, 0.717) is 12.8 Å². The number of carbonyl (C=O) groups is 3. The predicted octanol–water partition coefficient (Wildman–Crippen LogP) is 0.866. The minimum Gasteiger partial charge on any atom is -0.481 e. The molecule has 0 radical (unpaired) electrons. The standard InChI is InChI=1S/C13H18N2O4/c1-10(2)11(3)4-5-12(10,8(17)18)6-13(11)7(16)14-9(19)15-13/h4-6H2,1-3H3,(H,17,18)(H2,14,15,16,19)/t11-,12+,13-/m1/s1. The van der Waals surface area contributed by atoms with E-state index in [1.54, 1.807) is 0 Å². The van der Waals surface area contributed by atoms with E-state index >= 15 is 0 Å². The van der Waals surface area contributed by atoms with Crippen LogP contribution in [0.5, 0.6) is 0 Å². The summed E-state index contributed by atoms with van der Waals surface area (Å²) >= 11 is 0. The zero-order valence-corrected chi connectivity index (χ0v) is 11.3. The highest BCUT2D eigenvalue weighted by Gasteiger charge is 2.81. The van der Waals surface area contributed by atoms with Crippen LogP contribution in [0.3, 0.4) is 0 Å². The summed E-state index contributed by atoms with van der Waals surface area (Å²) in [6, 6.07) is -0.518. The number of hydrogen-bond acceptors (Lipinski definition) is 3. The van der Waals surface area contributed by atoms with Crippen LogP contribution in [0.4, 0.5) is 4.79 Å². The Kier molecular flexibility index (Phi) is 1.93. The van der Waals surface area contributed by atoms with E-state index in [2.05, 4.69) is 10.6 Å². The summed E-state index contributed by atoms with van der Waals surface area (Å²) in [7, 11) is 0. The van der Waals surface area contributed by atoms with E-state index in [9.17, 15) is 19.5 Å². The fraction of sp³-hybridized carbons (Fsp3) is 0.769. The highest BCUT2D eigenvalue weighted by atomic mass is 16.4. The van der Waals surface area contributed by atoms with Crippen LogP contribution in [0.1, 0.15) is 40.0 Å². The molecule has 1 heterocycles. The van der Waals surface area contributed by atoms with Crippen LogP contribution in [0.2, 0.25) is 0 Å². The second kappa shape index (κ2) is 2.94. The largest absolute Gasteiger partial charge is 0.481 e. The van der Waals surface area contributed by atoms with Gasteiger partial charge in [-0.2, -0.15) is 0 Å². The van der Waals surface area contributed by atoms with Crippen LogP contribution in [-0.4, -0.2) is 28.6 Å². The fourth-order valence-corrected chi connectivity index (χ4v) is 4.77. The molecular weight excluding hydrogens is 248 g/mol. The van der Waals surface area contributed by atoms with Gasteiger partial charge in [0.15, 0.2) is 0 Å². The number of fused-ring (bicyclic) bond motifs is 3. The van der Waals surface area contributed by atoms with E-state index in [0.717, 1.165) is 0 Å². The molecule has 3 fully saturated rings. The summed E-state index contributed by atoms with van der Waals surface area (Å²) in [6.45, 7) is 5.73. The number of carboxylic acid groups (broad SMARTS) is 1. The normalized spacial score (nSPS) is 46.5. The summed E-state index contributed by atoms with van der Waals surface area (Å²) in [6.07, 6.45) is 1.35. The second-order valence-corrected chi connectivity index (χ2v) is 6.83. The third-order valence-corrected chi connectivity index (χ3v) is 6.49. The van der Waals surface area contributed by atoms with Gasteiger partial charge in [0.05, 0.1) is 5.41 Å². The molecule has 2 aliphatic carbocycles. The number of amides is 3. The van der Waals surface area contributed by atoms with Crippen LogP contribution < -0.4 is 10.6 Å². The number of aliphatic carboxylic acids is 1. The molecule has 0 aromatic rings. The van der Waals surface area contributed by atoms with Crippen LogP contribution >= 0.6 is 0 Å². The molecule has 0 aromatic carbocycles. The molecule has 3 N–H and O–H groups in total. The van der Waals surface area contributed by atoms with Gasteiger partial charge in [0.2, 0.25) is 0 Å². The number of rotatable bonds is 1. The van der Waals surface area contributed by atoms with Crippen LogP contribution in [0.25, 0.3) is 0 Å². The molecule has 0 aromatic heterocycles. The van der Waals surface area contributed by atoms with E-state index in [4.69, 9.17) is 0 Å². The van der Waals surface area contributed by atoms with Gasteiger partial charge in [-0.15, -0.1) is 0 Å². The zero-order chi connectivity index (χ0) is 14.3. The van der Waals surface area contributed by atoms with Crippen molar-refractivity contribution in [3.8, 4) is 0 Å². The van der Waals surface area contributed by atoms with Gasteiger partial charge in [0.25, 0.3) is 5.91 Å². The molecule has 0 unspecified atom stereocenters. The first-order valence-corrected chi connectivity index (χ1v) is 6.50. The van der Waals surface area contributed by atoms with Crippen molar-refractivity contribution < 1.29 is 19.5 Å². The van der Waals surface area contributed by atoms with Gasteiger partial charge in [-0.25, -0.2) is 4.79 Å². The second-order valence-electron chi connectivity index (χ2n) is 6.83. The molecular formula is C13H18N2O4. The molecule has 1 spiro atoms. The maximum absolute atomic E-state index is 12.3. The maximum atomic E-state index is 12.3. The third-order valence-electron chi connectivity index (χ3n) is 6.49. The van der Waals surface area contributed by atoms with E-state index in [-0.39, 0.29) is 12.3 Å². The van der Waals surface area contributed by atoms with Crippen molar-refractivity contribution in [1.29, 1.82) is 0 Å². The van der Waals surface area contributed by atoms with Gasteiger partial charge in [-0.1, -0.05) is 20.8 Å². The van der Waals surface area contributed by atoms with Crippen molar-refractivity contribution in [2.24, 2.45) is 16.2 Å². The molecule has 3 amide bonds. The van der Waals surface area contributed by atoms with Crippen molar-refractivity contribution in [3.63, 3.8) is 0 Å². The summed E-state index contributed by atoms with van der Waals surface area (Å²) < 4.78 is 0. The van der Waals surface area contributed by atoms with Crippen LogP contribution in [-0.2, 0) is 9.59 Å². The van der Waals surface area contributed by atoms with Crippen molar-refractivity contribution in [2.75, 3.05) is 0 Å². The first-order chi connectivity index (χ1) is 8.63. The van der Waals surface area contributed by atoms with Crippen molar-refractivity contribution in [2.45, 2.75) is 45.6 Å². The van der Waals surface area contributed by atoms with E-state index in [1.165, 1.54) is 0 Å². The molecule has 3 atom stereocenters. The Balaban J connectivity index is 2.22. The molecule has 1 saturated heterocycles. The van der Waals surface area contributed by atoms with Gasteiger partial charge < -0.3 is 10.4 Å². The molecule has 19 heavy (non-hydrogen) atoms. The number of nitrogens with one attached hydrogen (secondary N) is 2. The summed E-state index contributed by atoms with van der Waals surface area (Å²) in [5.74, 6) is -1.25. The van der Waals surface area contributed by atoms with Gasteiger partial charge in [0.1, 0.15) is 5.54 Å². The molecule has 3 rings (SSSR count). The van der Waals surface area contributed by atoms with Crippen molar-refractivity contribution in [3.05, 3.63) is 0 Å². The summed E-state index contributed by atoms with van der Waals surface area (Å²) in [5.41, 5.74) is -3.13. The Morgan fingerprint density at radius 2 is 1.84 bits per heavy atom. The Hall–Kier alpha value is -1.59. The summed E-state index contributed by atoms with van der Waals surface area (Å²) in [5, 5.41) is 14.7. The van der Waals surface area contributed by atoms with Gasteiger partial charge >= 0.3 is 12.0 Å². The van der Waals surface area contributed by atoms with E-state index in [1.807, 2.05) is 20.8 Å². The monoisotopic (exact) mass is 266 g/mol. The van der Waals surface area contributed by atoms with Gasteiger partial charge in [-0.05, 0) is 24.7 Å². The molecule has 2 saturated carbocycles. The van der Waals surface area contributed by atoms with Gasteiger partial charge in [-0.3, -0.25) is 14.9 Å². The Morgan fingerprint density at radius 1 is 1.21 bits per heavy atom. The highest BCUT2D eigenvalue weighted by molar-refractivity contribution is 6.08. The van der Waals surface area contributed by atoms with Crippen LogP contribution in [0.15, 0.2) is 0 Å². The maximum Gasteiger partial charge on any atom is 0.322 e. The lowest BCUT2D eigenvalue weighted by Gasteiger charge is -2.44. The van der Waals surface area contributed by atoms with Gasteiger partial charge in [0, 0.05) is 5.41 Å². The fourth-order valence-electron chi connectivity index (χ4n) is 4.77. The topological polar surface area (TPSA) is 95.5 Å². The molecule has 2 bridgehead atoms. The minimum atomic E-state index is -1.08. The first-order valence-electron chi connectivity index (χ1n) is 6.50. The van der Waals surface area contributed by atoms with Crippen LogP contribution in [0, 0.1) is 16.2 Å². The number of urea groups is 1. The lowest BCUT2D eigenvalue weighted by atomic mass is 9.62. The molecule has 6 heteroatoms. The lowest BCUT2D eigenvalue weighted by Crippen LogP contribution is -2.58. The average molecular weight is 266 g/mol. The molecule has 104 valence electrons. The molecule has 6 nitrogen and oxygen atoms in total. The summed E-state index contributed by atoms with van der Waals surface area (Å²) in [4.78, 5) is 35.6. The number of carbonyl (C=O) groups excluding carboxylic acids is 2. The smallest absolute Gasteiger partial charge is 0.322 e. The number of imide groups is 1. The Labute approximate surface area is 110 Å². The van der Waals surface area contributed by atoms with Crippen molar-refractivity contribution in [1.82, 2.24) is 10.6 Å². The van der Waals surface area contributed by atoms with E-state index < -0.39 is 33.8 Å². The quantitative estimate of drug-likeness (QED) is 0.613. The Bertz CT molecular complexity index is 529. The lowest BCUT2D eigenvalue weighted by molar-refractivity contribution is -0.154. The number of carboxylic acids is 1. The average Bonchev–Trinajstić information content (AvgIpc) is 2.73. The minimum absolute atomic E-state index is 0.177. The first kappa shape index (κ1) is 12.4. The molecule has 1 aliphatic heterocycles. The Morgan fingerprint density at radius 3 is 2.26 bits per heavy atom. The van der Waals surface area contributed by atoms with Crippen molar-refractivity contribution >= 4 is 17.9 Å². The highest BCUT2D eigenvalue weighted by Crippen LogP contribution is 2.76. The SMILES string of the molecule is CC1(C)[C@@]2(C(=O)O)CC[C@@]1(C)[C@]1(C2)NC(=O)NC1=O. The predicted molar refractivity (Wildman–Crippen MR) is 65.2 cm³/mol. The zero-order valence-electron chi connectivity index (χ0n) is 11.3. The third kappa shape index (κ3) is 0.965.